The van der Waals surface area contributed by atoms with E-state index in [1.807, 2.05) is 0 Å². The highest BCUT2D eigenvalue weighted by molar-refractivity contribution is 4.83. The van der Waals surface area contributed by atoms with E-state index in [0.29, 0.717) is 6.54 Å². The standard InChI is InChI=1S/C11H26N2/c1-3-5-6-7-8-9-11(13,4-2)10-12/h3-10,12-13H2,1-2H3. The van der Waals surface area contributed by atoms with Crippen LogP contribution in [0.4, 0.5) is 0 Å². The van der Waals surface area contributed by atoms with Crippen LogP contribution < -0.4 is 11.5 Å². The third kappa shape index (κ3) is 6.05. The lowest BCUT2D eigenvalue weighted by Crippen LogP contribution is -2.46. The molecule has 0 rings (SSSR count). The lowest BCUT2D eigenvalue weighted by atomic mass is 9.90. The van der Waals surface area contributed by atoms with Crippen molar-refractivity contribution in [3.05, 3.63) is 0 Å². The summed E-state index contributed by atoms with van der Waals surface area (Å²) in [6.07, 6.45) is 8.64. The Morgan fingerprint density at radius 3 is 2.08 bits per heavy atom. The second kappa shape index (κ2) is 7.34. The van der Waals surface area contributed by atoms with Gasteiger partial charge in [-0.05, 0) is 12.8 Å². The summed E-state index contributed by atoms with van der Waals surface area (Å²) in [5, 5.41) is 0. The van der Waals surface area contributed by atoms with E-state index in [9.17, 15) is 0 Å². The van der Waals surface area contributed by atoms with Crippen molar-refractivity contribution in [1.82, 2.24) is 0 Å². The lowest BCUT2D eigenvalue weighted by molar-refractivity contribution is 0.371. The molecule has 0 aromatic heterocycles. The molecule has 0 aromatic carbocycles. The smallest absolute Gasteiger partial charge is 0.0276 e. The van der Waals surface area contributed by atoms with Crippen molar-refractivity contribution in [2.45, 2.75) is 64.3 Å². The number of hydrogen-bond donors (Lipinski definition) is 2. The molecule has 0 amide bonds. The summed E-state index contributed by atoms with van der Waals surface area (Å²) in [5.74, 6) is 0. The van der Waals surface area contributed by atoms with Gasteiger partial charge in [0.15, 0.2) is 0 Å². The van der Waals surface area contributed by atoms with Crippen LogP contribution in [0.5, 0.6) is 0 Å². The van der Waals surface area contributed by atoms with Crippen LogP contribution in [0.3, 0.4) is 0 Å². The van der Waals surface area contributed by atoms with Gasteiger partial charge in [0.1, 0.15) is 0 Å². The second-order valence-electron chi connectivity index (χ2n) is 4.08. The number of rotatable bonds is 8. The zero-order valence-corrected chi connectivity index (χ0v) is 9.31. The summed E-state index contributed by atoms with van der Waals surface area (Å²) < 4.78 is 0. The molecule has 0 aliphatic carbocycles. The van der Waals surface area contributed by atoms with Gasteiger partial charge in [0.05, 0.1) is 0 Å². The number of hydrogen-bond acceptors (Lipinski definition) is 2. The fraction of sp³-hybridized carbons (Fsp3) is 1.00. The van der Waals surface area contributed by atoms with Gasteiger partial charge >= 0.3 is 0 Å². The Kier molecular flexibility index (Phi) is 7.29. The van der Waals surface area contributed by atoms with Gasteiger partial charge in [0, 0.05) is 12.1 Å². The summed E-state index contributed by atoms with van der Waals surface area (Å²) in [7, 11) is 0. The first-order valence-corrected chi connectivity index (χ1v) is 5.67. The maximum Gasteiger partial charge on any atom is 0.0276 e. The summed E-state index contributed by atoms with van der Waals surface area (Å²) in [6.45, 7) is 4.98. The molecule has 4 N–H and O–H groups in total. The zero-order chi connectivity index (χ0) is 10.2. The monoisotopic (exact) mass is 186 g/mol. The molecule has 0 bridgehead atoms. The summed E-state index contributed by atoms with van der Waals surface area (Å²) >= 11 is 0. The Hall–Kier alpha value is -0.0800. The maximum atomic E-state index is 6.09. The molecule has 0 aliphatic rings. The molecule has 0 aliphatic heterocycles. The van der Waals surface area contributed by atoms with E-state index in [2.05, 4.69) is 13.8 Å². The van der Waals surface area contributed by atoms with Crippen LogP contribution in [0, 0.1) is 0 Å². The predicted octanol–water partition coefficient (Wildman–Crippen LogP) is 2.41. The summed E-state index contributed by atoms with van der Waals surface area (Å²) in [5.41, 5.74) is 11.6. The van der Waals surface area contributed by atoms with Gasteiger partial charge in [0.2, 0.25) is 0 Å². The molecule has 0 radical (unpaired) electrons. The minimum Gasteiger partial charge on any atom is -0.329 e. The maximum absolute atomic E-state index is 6.09. The van der Waals surface area contributed by atoms with E-state index in [4.69, 9.17) is 11.5 Å². The highest BCUT2D eigenvalue weighted by atomic mass is 14.8. The highest BCUT2D eigenvalue weighted by Gasteiger charge is 2.19. The van der Waals surface area contributed by atoms with Crippen LogP contribution in [-0.2, 0) is 0 Å². The molecular weight excluding hydrogens is 160 g/mol. The second-order valence-corrected chi connectivity index (χ2v) is 4.08. The minimum atomic E-state index is -0.0911. The van der Waals surface area contributed by atoms with Crippen molar-refractivity contribution in [1.29, 1.82) is 0 Å². The quantitative estimate of drug-likeness (QED) is 0.572. The highest BCUT2D eigenvalue weighted by Crippen LogP contribution is 2.15. The van der Waals surface area contributed by atoms with Crippen LogP contribution in [0.25, 0.3) is 0 Å². The molecule has 1 atom stereocenters. The van der Waals surface area contributed by atoms with Crippen molar-refractivity contribution in [3.8, 4) is 0 Å². The predicted molar refractivity (Wildman–Crippen MR) is 59.6 cm³/mol. The topological polar surface area (TPSA) is 52.0 Å². The molecule has 0 saturated carbocycles. The van der Waals surface area contributed by atoms with Crippen LogP contribution in [0.15, 0.2) is 0 Å². The molecule has 1 unspecified atom stereocenters. The normalized spacial score (nSPS) is 15.7. The fourth-order valence-electron chi connectivity index (χ4n) is 1.50. The molecular formula is C11H26N2. The van der Waals surface area contributed by atoms with Crippen molar-refractivity contribution in [3.63, 3.8) is 0 Å². The Morgan fingerprint density at radius 1 is 1.00 bits per heavy atom. The molecule has 80 valence electrons. The Labute approximate surface area is 83.1 Å². The van der Waals surface area contributed by atoms with Gasteiger partial charge in [-0.1, -0.05) is 46.0 Å². The molecule has 0 fully saturated rings. The van der Waals surface area contributed by atoms with E-state index in [1.54, 1.807) is 0 Å². The van der Waals surface area contributed by atoms with E-state index in [-0.39, 0.29) is 5.54 Å². The average molecular weight is 186 g/mol. The Balaban J connectivity index is 3.39. The third-order valence-corrected chi connectivity index (χ3v) is 2.89. The van der Waals surface area contributed by atoms with E-state index in [1.165, 1.54) is 32.1 Å². The Morgan fingerprint density at radius 2 is 1.62 bits per heavy atom. The molecule has 0 saturated heterocycles. The number of nitrogens with two attached hydrogens (primary N) is 2. The fourth-order valence-corrected chi connectivity index (χ4v) is 1.50. The van der Waals surface area contributed by atoms with Gasteiger partial charge < -0.3 is 11.5 Å². The average Bonchev–Trinajstić information content (AvgIpc) is 2.17. The molecule has 2 nitrogen and oxygen atoms in total. The zero-order valence-electron chi connectivity index (χ0n) is 9.31. The van der Waals surface area contributed by atoms with Crippen LogP contribution in [-0.4, -0.2) is 12.1 Å². The molecule has 2 heteroatoms. The van der Waals surface area contributed by atoms with Gasteiger partial charge in [-0.2, -0.15) is 0 Å². The first-order valence-electron chi connectivity index (χ1n) is 5.67. The van der Waals surface area contributed by atoms with Crippen molar-refractivity contribution < 1.29 is 0 Å². The summed E-state index contributed by atoms with van der Waals surface area (Å²) in [4.78, 5) is 0. The largest absolute Gasteiger partial charge is 0.329 e. The van der Waals surface area contributed by atoms with Gasteiger partial charge in [-0.25, -0.2) is 0 Å². The van der Waals surface area contributed by atoms with E-state index >= 15 is 0 Å². The lowest BCUT2D eigenvalue weighted by Gasteiger charge is -2.26. The Bertz CT molecular complexity index is 109. The van der Waals surface area contributed by atoms with Crippen molar-refractivity contribution >= 4 is 0 Å². The molecule has 0 heterocycles. The van der Waals surface area contributed by atoms with Crippen LogP contribution >= 0.6 is 0 Å². The van der Waals surface area contributed by atoms with Crippen LogP contribution in [0.1, 0.15) is 58.8 Å². The van der Waals surface area contributed by atoms with Crippen molar-refractivity contribution in [2.24, 2.45) is 11.5 Å². The summed E-state index contributed by atoms with van der Waals surface area (Å²) in [6, 6.07) is 0. The molecule has 13 heavy (non-hydrogen) atoms. The SMILES string of the molecule is CCCCCCCC(N)(CC)CN. The number of unbranched alkanes of at least 4 members (excludes halogenated alkanes) is 4. The third-order valence-electron chi connectivity index (χ3n) is 2.89. The van der Waals surface area contributed by atoms with Crippen molar-refractivity contribution in [2.75, 3.05) is 6.54 Å². The van der Waals surface area contributed by atoms with Gasteiger partial charge in [-0.15, -0.1) is 0 Å². The van der Waals surface area contributed by atoms with Gasteiger partial charge in [-0.3, -0.25) is 0 Å². The molecule has 0 spiro atoms. The first kappa shape index (κ1) is 12.9. The van der Waals surface area contributed by atoms with E-state index < -0.39 is 0 Å². The minimum absolute atomic E-state index is 0.0911. The van der Waals surface area contributed by atoms with Crippen LogP contribution in [0.2, 0.25) is 0 Å². The first-order chi connectivity index (χ1) is 6.18. The van der Waals surface area contributed by atoms with Gasteiger partial charge in [0.25, 0.3) is 0 Å². The van der Waals surface area contributed by atoms with E-state index in [0.717, 1.165) is 12.8 Å². The molecule has 0 aromatic rings.